The maximum Gasteiger partial charge on any atom is 0.134 e. The molecule has 0 bridgehead atoms. The molecule has 0 aliphatic rings. The number of nitrogens with one attached hydrogen (secondary N) is 1. The van der Waals surface area contributed by atoms with Gasteiger partial charge in [-0.05, 0) is 31.7 Å². The Hall–Kier alpha value is -1.35. The van der Waals surface area contributed by atoms with Gasteiger partial charge >= 0.3 is 0 Å². The van der Waals surface area contributed by atoms with Crippen molar-refractivity contribution in [3.8, 4) is 0 Å². The minimum atomic E-state index is -0.367. The van der Waals surface area contributed by atoms with Gasteiger partial charge in [0, 0.05) is 17.3 Å². The third kappa shape index (κ3) is 1.95. The predicted octanol–water partition coefficient (Wildman–Crippen LogP) is 3.09. The smallest absolute Gasteiger partial charge is 0.134 e. The highest BCUT2D eigenvalue weighted by Crippen LogP contribution is 2.25. The molecule has 1 heterocycles. The first-order valence-corrected chi connectivity index (χ1v) is 5.46. The summed E-state index contributed by atoms with van der Waals surface area (Å²) >= 11 is 0. The maximum atomic E-state index is 13.0. The molecule has 2 atom stereocenters. The van der Waals surface area contributed by atoms with E-state index in [9.17, 15) is 4.39 Å². The Balaban J connectivity index is 2.36. The average Bonchev–Trinajstić information content (AvgIpc) is 2.77. The Morgan fingerprint density at radius 3 is 2.88 bits per heavy atom. The van der Waals surface area contributed by atoms with E-state index in [1.807, 2.05) is 38.2 Å². The van der Waals surface area contributed by atoms with E-state index in [2.05, 4.69) is 5.32 Å². The Morgan fingerprint density at radius 2 is 2.19 bits per heavy atom. The molecule has 0 aliphatic carbocycles. The van der Waals surface area contributed by atoms with Crippen LogP contribution in [0.1, 0.15) is 18.4 Å². The number of alkyl halides is 1. The van der Waals surface area contributed by atoms with Crippen LogP contribution in [-0.2, 0) is 0 Å². The summed E-state index contributed by atoms with van der Waals surface area (Å²) in [5.74, 6) is -0.125. The highest BCUT2D eigenvalue weighted by atomic mass is 19.1. The van der Waals surface area contributed by atoms with Crippen LogP contribution < -0.4 is 5.32 Å². The third-order valence-corrected chi connectivity index (χ3v) is 3.13. The summed E-state index contributed by atoms with van der Waals surface area (Å²) in [5, 5.41) is 4.14. The monoisotopic (exact) mass is 221 g/mol. The number of rotatable bonds is 4. The van der Waals surface area contributed by atoms with Crippen LogP contribution in [0.4, 0.5) is 4.39 Å². The molecular formula is C13H16FNO. The van der Waals surface area contributed by atoms with Crippen molar-refractivity contribution in [2.24, 2.45) is 0 Å². The van der Waals surface area contributed by atoms with Crippen molar-refractivity contribution in [3.63, 3.8) is 0 Å². The fraction of sp³-hybridized carbons (Fsp3) is 0.385. The Bertz CT molecular complexity index is 466. The van der Waals surface area contributed by atoms with Gasteiger partial charge in [0.05, 0.1) is 12.9 Å². The van der Waals surface area contributed by atoms with Crippen LogP contribution in [0.25, 0.3) is 11.0 Å². The Morgan fingerprint density at radius 1 is 1.38 bits per heavy atom. The second kappa shape index (κ2) is 4.66. The lowest BCUT2D eigenvalue weighted by Crippen LogP contribution is -2.30. The minimum absolute atomic E-state index is 0.109. The van der Waals surface area contributed by atoms with Crippen LogP contribution in [-0.4, -0.2) is 19.8 Å². The van der Waals surface area contributed by atoms with Gasteiger partial charge in [0.25, 0.3) is 0 Å². The van der Waals surface area contributed by atoms with Crippen LogP contribution in [0.5, 0.6) is 0 Å². The quantitative estimate of drug-likeness (QED) is 0.858. The summed E-state index contributed by atoms with van der Waals surface area (Å²) in [6.07, 6.45) is 1.65. The van der Waals surface area contributed by atoms with E-state index in [4.69, 9.17) is 4.42 Å². The van der Waals surface area contributed by atoms with Gasteiger partial charge in [-0.2, -0.15) is 0 Å². The zero-order valence-corrected chi connectivity index (χ0v) is 9.53. The number of fused-ring (bicyclic) bond motifs is 1. The molecule has 0 spiro atoms. The fourth-order valence-corrected chi connectivity index (χ4v) is 1.91. The SMILES string of the molecule is CN[C@@H](C)C(CF)c1ccc2ccoc2c1. The van der Waals surface area contributed by atoms with E-state index >= 15 is 0 Å². The molecular weight excluding hydrogens is 205 g/mol. The molecule has 0 radical (unpaired) electrons. The number of furan rings is 1. The number of hydrogen-bond acceptors (Lipinski definition) is 2. The summed E-state index contributed by atoms with van der Waals surface area (Å²) in [6.45, 7) is 1.62. The molecule has 1 aromatic carbocycles. The number of halogens is 1. The van der Waals surface area contributed by atoms with Crippen molar-refractivity contribution in [1.82, 2.24) is 5.32 Å². The van der Waals surface area contributed by atoms with Gasteiger partial charge < -0.3 is 9.73 Å². The molecule has 0 aliphatic heterocycles. The average molecular weight is 221 g/mol. The van der Waals surface area contributed by atoms with Crippen molar-refractivity contribution < 1.29 is 8.81 Å². The van der Waals surface area contributed by atoms with E-state index in [0.29, 0.717) is 0 Å². The molecule has 16 heavy (non-hydrogen) atoms. The second-order valence-electron chi connectivity index (χ2n) is 4.06. The molecule has 2 aromatic rings. The zero-order chi connectivity index (χ0) is 11.5. The molecule has 0 saturated carbocycles. The maximum absolute atomic E-state index is 13.0. The molecule has 2 nitrogen and oxygen atoms in total. The number of benzene rings is 1. The zero-order valence-electron chi connectivity index (χ0n) is 9.53. The van der Waals surface area contributed by atoms with E-state index in [0.717, 1.165) is 16.5 Å². The molecule has 0 saturated heterocycles. The van der Waals surface area contributed by atoms with Crippen LogP contribution in [0, 0.1) is 0 Å². The number of likely N-dealkylation sites (N-methyl/N-ethyl adjacent to an activating group) is 1. The largest absolute Gasteiger partial charge is 0.464 e. The van der Waals surface area contributed by atoms with Crippen molar-refractivity contribution >= 4 is 11.0 Å². The molecule has 1 N–H and O–H groups in total. The first-order chi connectivity index (χ1) is 7.76. The van der Waals surface area contributed by atoms with Crippen molar-refractivity contribution in [2.45, 2.75) is 18.9 Å². The van der Waals surface area contributed by atoms with Gasteiger partial charge in [0.2, 0.25) is 0 Å². The van der Waals surface area contributed by atoms with Crippen molar-refractivity contribution in [2.75, 3.05) is 13.7 Å². The van der Waals surface area contributed by atoms with Crippen LogP contribution in [0.2, 0.25) is 0 Å². The number of hydrogen-bond donors (Lipinski definition) is 1. The minimum Gasteiger partial charge on any atom is -0.464 e. The molecule has 3 heteroatoms. The standard InChI is InChI=1S/C13H16FNO/c1-9(15-2)12(8-14)11-4-3-10-5-6-16-13(10)7-11/h3-7,9,12,15H,8H2,1-2H3/t9-,12?/m0/s1. The summed E-state index contributed by atoms with van der Waals surface area (Å²) in [6, 6.07) is 7.88. The van der Waals surface area contributed by atoms with Gasteiger partial charge in [-0.3, -0.25) is 4.39 Å². The Kier molecular flexibility index (Phi) is 3.25. The van der Waals surface area contributed by atoms with Gasteiger partial charge in [0.1, 0.15) is 5.58 Å². The first-order valence-electron chi connectivity index (χ1n) is 5.46. The van der Waals surface area contributed by atoms with Crippen molar-refractivity contribution in [3.05, 3.63) is 36.1 Å². The van der Waals surface area contributed by atoms with E-state index < -0.39 is 0 Å². The van der Waals surface area contributed by atoms with Crippen LogP contribution >= 0.6 is 0 Å². The summed E-state index contributed by atoms with van der Waals surface area (Å²) in [4.78, 5) is 0. The molecule has 1 aromatic heterocycles. The fourth-order valence-electron chi connectivity index (χ4n) is 1.91. The summed E-state index contributed by atoms with van der Waals surface area (Å²) < 4.78 is 18.4. The molecule has 0 amide bonds. The van der Waals surface area contributed by atoms with Crippen LogP contribution in [0.3, 0.4) is 0 Å². The lowest BCUT2D eigenvalue weighted by Gasteiger charge is -2.20. The first kappa shape index (κ1) is 11.1. The van der Waals surface area contributed by atoms with E-state index in [1.54, 1.807) is 6.26 Å². The predicted molar refractivity (Wildman–Crippen MR) is 63.5 cm³/mol. The highest BCUT2D eigenvalue weighted by molar-refractivity contribution is 5.77. The molecule has 1 unspecified atom stereocenters. The normalized spacial score (nSPS) is 15.2. The van der Waals surface area contributed by atoms with E-state index in [1.165, 1.54) is 0 Å². The summed E-state index contributed by atoms with van der Waals surface area (Å²) in [5.41, 5.74) is 1.80. The van der Waals surface area contributed by atoms with Crippen LogP contribution in [0.15, 0.2) is 34.9 Å². The van der Waals surface area contributed by atoms with Gasteiger partial charge in [-0.1, -0.05) is 12.1 Å². The third-order valence-electron chi connectivity index (χ3n) is 3.13. The lowest BCUT2D eigenvalue weighted by atomic mass is 9.93. The van der Waals surface area contributed by atoms with Gasteiger partial charge in [-0.25, -0.2) is 0 Å². The second-order valence-corrected chi connectivity index (χ2v) is 4.06. The topological polar surface area (TPSA) is 25.2 Å². The summed E-state index contributed by atoms with van der Waals surface area (Å²) in [7, 11) is 1.85. The Labute approximate surface area is 94.4 Å². The van der Waals surface area contributed by atoms with Gasteiger partial charge in [0.15, 0.2) is 0 Å². The van der Waals surface area contributed by atoms with Crippen molar-refractivity contribution in [1.29, 1.82) is 0 Å². The molecule has 0 fully saturated rings. The van der Waals surface area contributed by atoms with Gasteiger partial charge in [-0.15, -0.1) is 0 Å². The highest BCUT2D eigenvalue weighted by Gasteiger charge is 2.18. The molecule has 2 rings (SSSR count). The lowest BCUT2D eigenvalue weighted by molar-refractivity contribution is 0.372. The van der Waals surface area contributed by atoms with E-state index in [-0.39, 0.29) is 18.6 Å². The molecule has 86 valence electrons.